The van der Waals surface area contributed by atoms with Gasteiger partial charge in [0, 0.05) is 13.1 Å². The van der Waals surface area contributed by atoms with Gasteiger partial charge in [0.1, 0.15) is 0 Å². The number of allylic oxidation sites excluding steroid dienone is 2. The van der Waals surface area contributed by atoms with Crippen molar-refractivity contribution in [3.63, 3.8) is 0 Å². The summed E-state index contributed by atoms with van der Waals surface area (Å²) in [5, 5.41) is 0. The van der Waals surface area contributed by atoms with E-state index in [1.165, 1.54) is 12.0 Å². The largest absolute Gasteiger partial charge is 0.374 e. The maximum atomic E-state index is 4.17. The van der Waals surface area contributed by atoms with Crippen LogP contribution >= 0.6 is 12.6 Å². The van der Waals surface area contributed by atoms with Gasteiger partial charge in [-0.1, -0.05) is 11.6 Å². The first-order valence-corrected chi connectivity index (χ1v) is 4.66. The van der Waals surface area contributed by atoms with E-state index < -0.39 is 0 Å². The van der Waals surface area contributed by atoms with E-state index in [0.717, 1.165) is 18.8 Å². The molecule has 11 heavy (non-hydrogen) atoms. The smallest absolute Gasteiger partial charge is 0.0359 e. The third-order valence-electron chi connectivity index (χ3n) is 1.80. The van der Waals surface area contributed by atoms with Crippen LogP contribution in [-0.4, -0.2) is 23.7 Å². The van der Waals surface area contributed by atoms with Gasteiger partial charge in [0.05, 0.1) is 0 Å². The molecule has 0 fully saturated rings. The van der Waals surface area contributed by atoms with E-state index in [-0.39, 0.29) is 0 Å². The molecule has 1 heterocycles. The first kappa shape index (κ1) is 8.72. The van der Waals surface area contributed by atoms with E-state index in [9.17, 15) is 0 Å². The van der Waals surface area contributed by atoms with Gasteiger partial charge in [0.15, 0.2) is 0 Å². The average molecular weight is 169 g/mol. The van der Waals surface area contributed by atoms with Crippen molar-refractivity contribution in [2.24, 2.45) is 0 Å². The van der Waals surface area contributed by atoms with Crippen molar-refractivity contribution in [3.05, 3.63) is 23.9 Å². The maximum absolute atomic E-state index is 4.17. The molecule has 1 rings (SSSR count). The van der Waals surface area contributed by atoms with Crippen LogP contribution in [0, 0.1) is 0 Å². The SMILES string of the molecule is CC1=CCN(CCCS)C=C1. The van der Waals surface area contributed by atoms with Crippen LogP contribution in [0.15, 0.2) is 23.9 Å². The van der Waals surface area contributed by atoms with Gasteiger partial charge in [-0.25, -0.2) is 0 Å². The second-order valence-electron chi connectivity index (χ2n) is 2.84. The first-order valence-electron chi connectivity index (χ1n) is 4.03. The highest BCUT2D eigenvalue weighted by atomic mass is 32.1. The van der Waals surface area contributed by atoms with Crippen molar-refractivity contribution in [2.45, 2.75) is 13.3 Å². The summed E-state index contributed by atoms with van der Waals surface area (Å²) in [4.78, 5) is 2.31. The Hall–Kier alpha value is -0.370. The van der Waals surface area contributed by atoms with Gasteiger partial charge >= 0.3 is 0 Å². The number of thiol groups is 1. The Kier molecular flexibility index (Phi) is 3.57. The normalized spacial score (nSPS) is 16.9. The molecule has 62 valence electrons. The molecule has 0 aromatic carbocycles. The highest BCUT2D eigenvalue weighted by Gasteiger charge is 1.99. The summed E-state index contributed by atoms with van der Waals surface area (Å²) in [6, 6.07) is 0. The molecule has 0 spiro atoms. The summed E-state index contributed by atoms with van der Waals surface area (Å²) < 4.78 is 0. The molecule has 1 aliphatic heterocycles. The zero-order valence-electron chi connectivity index (χ0n) is 6.95. The number of hydrogen-bond acceptors (Lipinski definition) is 2. The van der Waals surface area contributed by atoms with E-state index in [0.29, 0.717) is 0 Å². The minimum atomic E-state index is 0.979. The maximum Gasteiger partial charge on any atom is 0.0359 e. The Morgan fingerprint density at radius 3 is 3.00 bits per heavy atom. The minimum absolute atomic E-state index is 0.979. The van der Waals surface area contributed by atoms with E-state index in [2.05, 4.69) is 42.8 Å². The zero-order valence-corrected chi connectivity index (χ0v) is 7.85. The van der Waals surface area contributed by atoms with E-state index >= 15 is 0 Å². The van der Waals surface area contributed by atoms with Crippen LogP contribution in [0.1, 0.15) is 13.3 Å². The highest BCUT2D eigenvalue weighted by Crippen LogP contribution is 2.06. The molecule has 0 atom stereocenters. The molecule has 1 aliphatic rings. The van der Waals surface area contributed by atoms with Crippen molar-refractivity contribution in [1.29, 1.82) is 0 Å². The summed E-state index contributed by atoms with van der Waals surface area (Å²) >= 11 is 4.17. The zero-order chi connectivity index (χ0) is 8.10. The van der Waals surface area contributed by atoms with Gasteiger partial charge in [-0.2, -0.15) is 12.6 Å². The molecule has 0 aromatic rings. The molecule has 0 amide bonds. The predicted octanol–water partition coefficient (Wildman–Crippen LogP) is 2.08. The Labute approximate surface area is 74.2 Å². The molecule has 0 aromatic heterocycles. The Bertz CT molecular complexity index is 172. The lowest BCUT2D eigenvalue weighted by atomic mass is 10.2. The van der Waals surface area contributed by atoms with Crippen LogP contribution in [0.3, 0.4) is 0 Å². The monoisotopic (exact) mass is 169 g/mol. The van der Waals surface area contributed by atoms with Crippen LogP contribution in [0.4, 0.5) is 0 Å². The molecule has 0 N–H and O–H groups in total. The second kappa shape index (κ2) is 4.50. The van der Waals surface area contributed by atoms with E-state index in [1.54, 1.807) is 0 Å². The predicted molar refractivity (Wildman–Crippen MR) is 52.9 cm³/mol. The van der Waals surface area contributed by atoms with Crippen molar-refractivity contribution >= 4 is 12.6 Å². The lowest BCUT2D eigenvalue weighted by Crippen LogP contribution is -2.21. The van der Waals surface area contributed by atoms with Crippen molar-refractivity contribution < 1.29 is 0 Å². The summed E-state index contributed by atoms with van der Waals surface area (Å²) in [6.07, 6.45) is 7.74. The van der Waals surface area contributed by atoms with Gasteiger partial charge in [-0.3, -0.25) is 0 Å². The molecule has 0 bridgehead atoms. The summed E-state index contributed by atoms with van der Waals surface area (Å²) in [7, 11) is 0. The molecule has 0 unspecified atom stereocenters. The third kappa shape index (κ3) is 3.02. The van der Waals surface area contributed by atoms with Crippen LogP contribution in [0.25, 0.3) is 0 Å². The Balaban J connectivity index is 2.25. The fourth-order valence-corrected chi connectivity index (χ4v) is 1.19. The lowest BCUT2D eigenvalue weighted by Gasteiger charge is -2.21. The van der Waals surface area contributed by atoms with Gasteiger partial charge in [0.25, 0.3) is 0 Å². The third-order valence-corrected chi connectivity index (χ3v) is 2.12. The van der Waals surface area contributed by atoms with Crippen molar-refractivity contribution in [2.75, 3.05) is 18.8 Å². The Morgan fingerprint density at radius 2 is 2.45 bits per heavy atom. The van der Waals surface area contributed by atoms with Crippen molar-refractivity contribution in [1.82, 2.24) is 4.90 Å². The fourth-order valence-electron chi connectivity index (χ4n) is 1.05. The lowest BCUT2D eigenvalue weighted by molar-refractivity contribution is 0.411. The van der Waals surface area contributed by atoms with Gasteiger partial charge in [-0.05, 0) is 31.4 Å². The second-order valence-corrected chi connectivity index (χ2v) is 3.28. The van der Waals surface area contributed by atoms with Gasteiger partial charge in [0.2, 0.25) is 0 Å². The summed E-state index contributed by atoms with van der Waals surface area (Å²) in [5.41, 5.74) is 1.37. The quantitative estimate of drug-likeness (QED) is 0.633. The van der Waals surface area contributed by atoms with Gasteiger partial charge in [-0.15, -0.1) is 0 Å². The van der Waals surface area contributed by atoms with E-state index in [1.807, 2.05) is 0 Å². The topological polar surface area (TPSA) is 3.24 Å². The van der Waals surface area contributed by atoms with Crippen LogP contribution < -0.4 is 0 Å². The number of hydrogen-bond donors (Lipinski definition) is 1. The van der Waals surface area contributed by atoms with Crippen LogP contribution in [-0.2, 0) is 0 Å². The molecule has 0 saturated carbocycles. The van der Waals surface area contributed by atoms with E-state index in [4.69, 9.17) is 0 Å². The minimum Gasteiger partial charge on any atom is -0.374 e. The molecule has 0 saturated heterocycles. The fraction of sp³-hybridized carbons (Fsp3) is 0.556. The summed E-state index contributed by atoms with van der Waals surface area (Å²) in [5.74, 6) is 0.979. The van der Waals surface area contributed by atoms with Gasteiger partial charge < -0.3 is 4.90 Å². The molecular formula is C9H15NS. The average Bonchev–Trinajstić information content (AvgIpc) is 2.04. The molecule has 2 heteroatoms. The first-order chi connectivity index (χ1) is 5.33. The molecule has 0 aliphatic carbocycles. The number of nitrogens with zero attached hydrogens (tertiary/aromatic N) is 1. The van der Waals surface area contributed by atoms with Crippen molar-refractivity contribution in [3.8, 4) is 0 Å². The number of rotatable bonds is 3. The molecule has 1 nitrogen and oxygen atoms in total. The molecular weight excluding hydrogens is 154 g/mol. The standard InChI is InChI=1S/C9H15NS/c1-9-3-6-10(7-4-9)5-2-8-11/h3-4,6,11H,2,5,7-8H2,1H3. The Morgan fingerprint density at radius 1 is 1.64 bits per heavy atom. The summed E-state index contributed by atoms with van der Waals surface area (Å²) in [6.45, 7) is 4.33. The molecule has 0 radical (unpaired) electrons. The van der Waals surface area contributed by atoms with Crippen LogP contribution in [0.5, 0.6) is 0 Å². The van der Waals surface area contributed by atoms with Crippen LogP contribution in [0.2, 0.25) is 0 Å². The highest BCUT2D eigenvalue weighted by molar-refractivity contribution is 7.80.